The van der Waals surface area contributed by atoms with Crippen LogP contribution in [-0.4, -0.2) is 23.8 Å². The summed E-state index contributed by atoms with van der Waals surface area (Å²) in [5.74, 6) is 0.0907. The van der Waals surface area contributed by atoms with Crippen molar-refractivity contribution in [3.8, 4) is 0 Å². The fraction of sp³-hybridized carbons (Fsp3) is 0.188. The van der Waals surface area contributed by atoms with E-state index in [1.165, 1.54) is 0 Å². The average Bonchev–Trinajstić information content (AvgIpc) is 2.46. The van der Waals surface area contributed by atoms with E-state index < -0.39 is 8.07 Å². The predicted octanol–water partition coefficient (Wildman–Crippen LogP) is 2.85. The highest BCUT2D eigenvalue weighted by Crippen LogP contribution is 2.10. The van der Waals surface area contributed by atoms with Gasteiger partial charge in [-0.1, -0.05) is 49.1 Å². The molecule has 1 aromatic carbocycles. The normalized spacial score (nSPS) is 11.8. The molecule has 2 aromatic rings. The van der Waals surface area contributed by atoms with Crippen molar-refractivity contribution in [2.24, 2.45) is 0 Å². The van der Waals surface area contributed by atoms with E-state index in [0.717, 1.165) is 16.6 Å². The highest BCUT2D eigenvalue weighted by molar-refractivity contribution is 6.93. The second-order valence-electron chi connectivity index (χ2n) is 5.31. The van der Waals surface area contributed by atoms with Crippen molar-refractivity contribution in [3.63, 3.8) is 0 Å². The van der Waals surface area contributed by atoms with Crippen molar-refractivity contribution in [1.82, 2.24) is 9.97 Å². The molecule has 0 aliphatic carbocycles. The molecule has 20 heavy (non-hydrogen) atoms. The minimum absolute atomic E-state index is 0.0907. The van der Waals surface area contributed by atoms with Gasteiger partial charge in [0.15, 0.2) is 13.9 Å². The van der Waals surface area contributed by atoms with Gasteiger partial charge in [0.2, 0.25) is 0 Å². The van der Waals surface area contributed by atoms with Gasteiger partial charge in [-0.3, -0.25) is 4.79 Å². The van der Waals surface area contributed by atoms with Crippen molar-refractivity contribution < 1.29 is 4.79 Å². The van der Waals surface area contributed by atoms with Crippen LogP contribution in [0.1, 0.15) is 22.8 Å². The molecule has 1 aromatic heterocycles. The van der Waals surface area contributed by atoms with Crippen LogP contribution in [0.4, 0.5) is 0 Å². The molecule has 0 amide bonds. The summed E-state index contributed by atoms with van der Waals surface area (Å²) < 4.78 is 0. The fourth-order valence-corrected chi connectivity index (χ4v) is 3.41. The lowest BCUT2D eigenvalue weighted by molar-refractivity contribution is 0.101. The van der Waals surface area contributed by atoms with Gasteiger partial charge >= 0.3 is 0 Å². The van der Waals surface area contributed by atoms with Crippen molar-refractivity contribution in [2.45, 2.75) is 20.0 Å². The first-order valence-corrected chi connectivity index (χ1v) is 9.64. The number of carbonyl (C=O) groups excluding carboxylic acids is 1. The minimum atomic E-state index is -1.77. The molecular formula is C16H18N2OSi. The van der Waals surface area contributed by atoms with Crippen LogP contribution in [0, 0.1) is 0 Å². The van der Waals surface area contributed by atoms with Crippen molar-refractivity contribution >= 4 is 25.4 Å². The Bertz CT molecular complexity index is 619. The van der Waals surface area contributed by atoms with Gasteiger partial charge in [-0.15, -0.1) is 0 Å². The standard InChI is InChI=1S/C16H18N2OSi/c1-13(19)15-7-5-14(6-8-15)9-12-20(2,3)16-17-10-4-11-18-16/h4-12H,1-3H3/b12-9+. The quantitative estimate of drug-likeness (QED) is 0.639. The predicted molar refractivity (Wildman–Crippen MR) is 84.6 cm³/mol. The maximum absolute atomic E-state index is 11.2. The highest BCUT2D eigenvalue weighted by atomic mass is 28.3. The van der Waals surface area contributed by atoms with Crippen LogP contribution in [0.15, 0.2) is 48.4 Å². The third kappa shape index (κ3) is 3.48. The van der Waals surface area contributed by atoms with Gasteiger partial charge < -0.3 is 0 Å². The Balaban J connectivity index is 2.18. The number of carbonyl (C=O) groups is 1. The number of Topliss-reactive ketones (excluding diaryl/α,β-unsaturated/α-hetero) is 1. The Hall–Kier alpha value is -2.07. The topological polar surface area (TPSA) is 42.9 Å². The molecule has 0 aliphatic rings. The molecule has 0 N–H and O–H groups in total. The highest BCUT2D eigenvalue weighted by Gasteiger charge is 2.22. The zero-order chi connectivity index (χ0) is 14.6. The van der Waals surface area contributed by atoms with E-state index in [9.17, 15) is 4.79 Å². The molecule has 0 fully saturated rings. The van der Waals surface area contributed by atoms with Gasteiger partial charge in [0.25, 0.3) is 0 Å². The maximum atomic E-state index is 11.2. The second-order valence-corrected chi connectivity index (χ2v) is 9.53. The van der Waals surface area contributed by atoms with E-state index in [1.807, 2.05) is 30.3 Å². The van der Waals surface area contributed by atoms with Crippen LogP contribution in [-0.2, 0) is 0 Å². The van der Waals surface area contributed by atoms with Gasteiger partial charge in [-0.05, 0) is 18.6 Å². The Morgan fingerprint density at radius 2 is 1.70 bits per heavy atom. The minimum Gasteiger partial charge on any atom is -0.295 e. The van der Waals surface area contributed by atoms with Crippen LogP contribution in [0.2, 0.25) is 13.1 Å². The zero-order valence-corrected chi connectivity index (χ0v) is 13.0. The molecule has 4 heteroatoms. The second kappa shape index (κ2) is 5.92. The first-order chi connectivity index (χ1) is 9.49. The van der Waals surface area contributed by atoms with Gasteiger partial charge in [0.05, 0.1) is 0 Å². The monoisotopic (exact) mass is 282 g/mol. The molecule has 2 rings (SSSR count). The van der Waals surface area contributed by atoms with Gasteiger partial charge in [0.1, 0.15) is 5.45 Å². The Labute approximate surface area is 120 Å². The molecule has 0 aliphatic heterocycles. The first kappa shape index (κ1) is 14.3. The number of hydrogen-bond donors (Lipinski definition) is 0. The molecule has 0 bridgehead atoms. The number of hydrogen-bond acceptors (Lipinski definition) is 3. The molecule has 0 unspecified atom stereocenters. The summed E-state index contributed by atoms with van der Waals surface area (Å²) in [7, 11) is -1.77. The van der Waals surface area contributed by atoms with Crippen LogP contribution < -0.4 is 5.45 Å². The van der Waals surface area contributed by atoms with Crippen molar-refractivity contribution in [2.75, 3.05) is 0 Å². The van der Waals surface area contributed by atoms with Crippen LogP contribution in [0.5, 0.6) is 0 Å². The van der Waals surface area contributed by atoms with Crippen LogP contribution >= 0.6 is 0 Å². The van der Waals surface area contributed by atoms with E-state index in [4.69, 9.17) is 0 Å². The van der Waals surface area contributed by atoms with Gasteiger partial charge in [0, 0.05) is 18.0 Å². The zero-order valence-electron chi connectivity index (χ0n) is 12.0. The third-order valence-electron chi connectivity index (χ3n) is 3.15. The molecule has 0 saturated heterocycles. The number of rotatable bonds is 4. The Kier molecular flexibility index (Phi) is 4.25. The molecule has 1 heterocycles. The lowest BCUT2D eigenvalue weighted by Crippen LogP contribution is -2.43. The number of ketones is 1. The van der Waals surface area contributed by atoms with E-state index in [1.54, 1.807) is 19.3 Å². The third-order valence-corrected chi connectivity index (χ3v) is 5.56. The van der Waals surface area contributed by atoms with Crippen molar-refractivity contribution in [1.29, 1.82) is 0 Å². The summed E-state index contributed by atoms with van der Waals surface area (Å²) in [6.45, 7) is 6.00. The summed E-state index contributed by atoms with van der Waals surface area (Å²) >= 11 is 0. The molecule has 3 nitrogen and oxygen atoms in total. The molecule has 102 valence electrons. The molecule has 0 spiro atoms. The Morgan fingerprint density at radius 1 is 1.10 bits per heavy atom. The average molecular weight is 282 g/mol. The number of aromatic nitrogens is 2. The van der Waals surface area contributed by atoms with Gasteiger partial charge in [-0.2, -0.15) is 0 Å². The molecular weight excluding hydrogens is 264 g/mol. The fourth-order valence-electron chi connectivity index (χ4n) is 1.84. The van der Waals surface area contributed by atoms with E-state index in [0.29, 0.717) is 0 Å². The van der Waals surface area contributed by atoms with Crippen molar-refractivity contribution in [3.05, 3.63) is 59.6 Å². The molecule has 0 radical (unpaired) electrons. The smallest absolute Gasteiger partial charge is 0.159 e. The summed E-state index contributed by atoms with van der Waals surface area (Å²) in [5.41, 5.74) is 4.97. The number of nitrogens with zero attached hydrogens (tertiary/aromatic N) is 2. The van der Waals surface area contributed by atoms with Crippen LogP contribution in [0.25, 0.3) is 6.08 Å². The SMILES string of the molecule is CC(=O)c1ccc(/C=C/[Si](C)(C)c2ncccn2)cc1. The summed E-state index contributed by atoms with van der Waals surface area (Å²) in [4.78, 5) is 19.9. The first-order valence-electron chi connectivity index (χ1n) is 6.57. The largest absolute Gasteiger partial charge is 0.295 e. The Morgan fingerprint density at radius 3 is 2.25 bits per heavy atom. The summed E-state index contributed by atoms with van der Waals surface area (Å²) in [6.07, 6.45) is 5.66. The maximum Gasteiger partial charge on any atom is 0.159 e. The summed E-state index contributed by atoms with van der Waals surface area (Å²) in [5, 5.41) is 0. The lowest BCUT2D eigenvalue weighted by atomic mass is 10.1. The van der Waals surface area contributed by atoms with E-state index in [2.05, 4.69) is 34.8 Å². The number of benzene rings is 1. The van der Waals surface area contributed by atoms with Crippen LogP contribution in [0.3, 0.4) is 0 Å². The molecule has 0 saturated carbocycles. The van der Waals surface area contributed by atoms with E-state index >= 15 is 0 Å². The van der Waals surface area contributed by atoms with E-state index in [-0.39, 0.29) is 5.78 Å². The summed E-state index contributed by atoms with van der Waals surface area (Å²) in [6, 6.07) is 9.47. The van der Waals surface area contributed by atoms with Gasteiger partial charge in [-0.25, -0.2) is 9.97 Å². The lowest BCUT2D eigenvalue weighted by Gasteiger charge is -2.14. The molecule has 0 atom stereocenters.